The van der Waals surface area contributed by atoms with Crippen molar-refractivity contribution in [3.63, 3.8) is 0 Å². The fraction of sp³-hybridized carbons (Fsp3) is 0.556. The van der Waals surface area contributed by atoms with E-state index in [-0.39, 0.29) is 34.4 Å². The third-order valence-electron chi connectivity index (χ3n) is 3.18. The summed E-state index contributed by atoms with van der Waals surface area (Å²) in [5.74, 6) is -1.23. The van der Waals surface area contributed by atoms with Crippen LogP contribution in [0.2, 0.25) is 5.02 Å². The molecule has 1 N–H and O–H groups in total. The number of carbonyl (C=O) groups excluding carboxylic acids is 2. The molecule has 4 nitrogen and oxygen atoms in total. The minimum Gasteiger partial charge on any atom is -0.465 e. The molecule has 0 fully saturated rings. The van der Waals surface area contributed by atoms with Crippen LogP contribution in [0.3, 0.4) is 0 Å². The Hall–Kier alpha value is -1.27. The molecule has 0 aromatic heterocycles. The van der Waals surface area contributed by atoms with Gasteiger partial charge >= 0.3 is 5.97 Å². The topological polar surface area (TPSA) is 55.4 Å². The number of carbonyl (C=O) groups is 2. The summed E-state index contributed by atoms with van der Waals surface area (Å²) in [6.45, 7) is 9.67. The van der Waals surface area contributed by atoms with Gasteiger partial charge in [-0.15, -0.1) is 11.8 Å². The van der Waals surface area contributed by atoms with E-state index in [9.17, 15) is 14.0 Å². The molecule has 7 heteroatoms. The number of rotatable bonds is 7. The number of esters is 1. The Balaban J connectivity index is 2.98. The Kier molecular flexibility index (Phi) is 8.22. The molecule has 0 saturated heterocycles. The smallest absolute Gasteiger partial charge is 0.319 e. The fourth-order valence-electron chi connectivity index (χ4n) is 2.08. The molecule has 1 amide bonds. The molecule has 1 unspecified atom stereocenters. The van der Waals surface area contributed by atoms with E-state index < -0.39 is 11.1 Å². The average Bonchev–Trinajstić information content (AvgIpc) is 2.47. The number of amides is 1. The van der Waals surface area contributed by atoms with Gasteiger partial charge in [0, 0.05) is 11.3 Å². The van der Waals surface area contributed by atoms with Crippen molar-refractivity contribution >= 4 is 40.9 Å². The summed E-state index contributed by atoms with van der Waals surface area (Å²) in [7, 11) is 0. The molecule has 0 aliphatic carbocycles. The number of hydrogen-bond donors (Lipinski definition) is 1. The quantitative estimate of drug-likeness (QED) is 0.508. The molecule has 0 radical (unpaired) electrons. The van der Waals surface area contributed by atoms with Crippen molar-refractivity contribution in [2.45, 2.75) is 57.6 Å². The summed E-state index contributed by atoms with van der Waals surface area (Å²) < 4.78 is 19.2. The molecular weight excluding hydrogens is 365 g/mol. The molecule has 0 spiro atoms. The maximum absolute atomic E-state index is 14.1. The zero-order chi connectivity index (χ0) is 19.2. The molecule has 0 heterocycles. The summed E-state index contributed by atoms with van der Waals surface area (Å²) in [6, 6.07) is 2.61. The van der Waals surface area contributed by atoms with Gasteiger partial charge in [0.1, 0.15) is 11.1 Å². The highest BCUT2D eigenvalue weighted by Crippen LogP contribution is 2.36. The lowest BCUT2D eigenvalue weighted by molar-refractivity contribution is -0.142. The molecule has 140 valence electrons. The fourth-order valence-corrected chi connectivity index (χ4v) is 3.36. The maximum Gasteiger partial charge on any atom is 0.319 e. The van der Waals surface area contributed by atoms with E-state index in [2.05, 4.69) is 5.32 Å². The molecule has 1 aromatic rings. The minimum absolute atomic E-state index is 0.0554. The van der Waals surface area contributed by atoms with Crippen LogP contribution in [0.15, 0.2) is 17.0 Å². The van der Waals surface area contributed by atoms with Crippen molar-refractivity contribution in [2.24, 2.45) is 5.41 Å². The molecule has 0 aliphatic heterocycles. The van der Waals surface area contributed by atoms with Gasteiger partial charge in [0.05, 0.1) is 17.3 Å². The Bertz CT molecular complexity index is 631. The first-order valence-corrected chi connectivity index (χ1v) is 9.45. The lowest BCUT2D eigenvalue weighted by atomic mass is 9.92. The van der Waals surface area contributed by atoms with E-state index in [1.807, 2.05) is 27.7 Å². The van der Waals surface area contributed by atoms with Crippen LogP contribution in [0.5, 0.6) is 0 Å². The SMILES string of the molecule is CCOC(=O)C(CC)Sc1cc(NC(=O)CC(C)(C)C)c(F)cc1Cl. The number of nitrogens with one attached hydrogen (secondary N) is 1. The minimum atomic E-state index is -0.610. The van der Waals surface area contributed by atoms with E-state index in [1.165, 1.54) is 17.8 Å². The van der Waals surface area contributed by atoms with Gasteiger partial charge in [-0.25, -0.2) is 4.39 Å². The van der Waals surface area contributed by atoms with Crippen LogP contribution >= 0.6 is 23.4 Å². The van der Waals surface area contributed by atoms with E-state index in [0.717, 1.165) is 6.07 Å². The second-order valence-corrected chi connectivity index (χ2v) is 8.47. The number of benzene rings is 1. The van der Waals surface area contributed by atoms with Crippen LogP contribution in [0.25, 0.3) is 0 Å². The van der Waals surface area contributed by atoms with E-state index >= 15 is 0 Å². The Morgan fingerprint density at radius 1 is 1.32 bits per heavy atom. The van der Waals surface area contributed by atoms with Crippen molar-refractivity contribution in [1.29, 1.82) is 0 Å². The van der Waals surface area contributed by atoms with Crippen molar-refractivity contribution in [3.8, 4) is 0 Å². The normalized spacial score (nSPS) is 12.6. The lowest BCUT2D eigenvalue weighted by Crippen LogP contribution is -2.21. The second kappa shape index (κ2) is 9.43. The predicted octanol–water partition coefficient (Wildman–Crippen LogP) is 5.29. The Labute approximate surface area is 157 Å². The van der Waals surface area contributed by atoms with E-state index in [0.29, 0.717) is 17.9 Å². The summed E-state index contributed by atoms with van der Waals surface area (Å²) in [6.07, 6.45) is 0.806. The number of anilines is 1. The highest BCUT2D eigenvalue weighted by Gasteiger charge is 2.22. The predicted molar refractivity (Wildman–Crippen MR) is 101 cm³/mol. The second-order valence-electron chi connectivity index (χ2n) is 6.81. The summed E-state index contributed by atoms with van der Waals surface area (Å²) in [5, 5.41) is 2.33. The van der Waals surface area contributed by atoms with Crippen LogP contribution in [-0.2, 0) is 14.3 Å². The largest absolute Gasteiger partial charge is 0.465 e. The maximum atomic E-state index is 14.1. The molecule has 1 atom stereocenters. The zero-order valence-electron chi connectivity index (χ0n) is 15.2. The number of halogens is 2. The van der Waals surface area contributed by atoms with Crippen LogP contribution < -0.4 is 5.32 Å². The number of hydrogen-bond acceptors (Lipinski definition) is 4. The van der Waals surface area contributed by atoms with Gasteiger partial charge < -0.3 is 10.1 Å². The first-order chi connectivity index (χ1) is 11.6. The average molecular weight is 390 g/mol. The molecule has 1 rings (SSSR count). The van der Waals surface area contributed by atoms with Gasteiger partial charge in [0.15, 0.2) is 0 Å². The van der Waals surface area contributed by atoms with Gasteiger partial charge in [-0.3, -0.25) is 9.59 Å². The zero-order valence-corrected chi connectivity index (χ0v) is 16.8. The van der Waals surface area contributed by atoms with Gasteiger partial charge in [-0.1, -0.05) is 39.3 Å². The Morgan fingerprint density at radius 3 is 2.48 bits per heavy atom. The summed E-state index contributed by atoms with van der Waals surface area (Å²) in [4.78, 5) is 24.5. The molecule has 0 saturated carbocycles. The van der Waals surface area contributed by atoms with Gasteiger partial charge in [0.25, 0.3) is 0 Å². The highest BCUT2D eigenvalue weighted by atomic mass is 35.5. The third-order valence-corrected chi connectivity index (χ3v) is 5.00. The monoisotopic (exact) mass is 389 g/mol. The van der Waals surface area contributed by atoms with Crippen LogP contribution in [0, 0.1) is 11.2 Å². The third kappa shape index (κ3) is 7.24. The van der Waals surface area contributed by atoms with Crippen LogP contribution in [0.4, 0.5) is 10.1 Å². The summed E-state index contributed by atoms with van der Waals surface area (Å²) >= 11 is 7.30. The van der Waals surface area contributed by atoms with E-state index in [4.69, 9.17) is 16.3 Å². The lowest BCUT2D eigenvalue weighted by Gasteiger charge is -2.18. The number of ether oxygens (including phenoxy) is 1. The van der Waals surface area contributed by atoms with Crippen LogP contribution in [-0.4, -0.2) is 23.7 Å². The van der Waals surface area contributed by atoms with Gasteiger partial charge in [-0.2, -0.15) is 0 Å². The van der Waals surface area contributed by atoms with Crippen LogP contribution in [0.1, 0.15) is 47.5 Å². The van der Waals surface area contributed by atoms with Crippen molar-refractivity contribution in [2.75, 3.05) is 11.9 Å². The highest BCUT2D eigenvalue weighted by molar-refractivity contribution is 8.00. The first-order valence-electron chi connectivity index (χ1n) is 8.19. The number of thioether (sulfide) groups is 1. The van der Waals surface area contributed by atoms with Crippen molar-refractivity contribution in [3.05, 3.63) is 23.0 Å². The van der Waals surface area contributed by atoms with E-state index in [1.54, 1.807) is 6.92 Å². The van der Waals surface area contributed by atoms with Crippen molar-refractivity contribution < 1.29 is 18.7 Å². The molecule has 1 aromatic carbocycles. The Morgan fingerprint density at radius 2 is 1.96 bits per heavy atom. The first kappa shape index (κ1) is 21.8. The van der Waals surface area contributed by atoms with Crippen molar-refractivity contribution in [1.82, 2.24) is 0 Å². The molecule has 0 bridgehead atoms. The molecular formula is C18H25ClFNO3S. The molecule has 25 heavy (non-hydrogen) atoms. The van der Waals surface area contributed by atoms with Gasteiger partial charge in [-0.05, 0) is 30.9 Å². The van der Waals surface area contributed by atoms with Gasteiger partial charge in [0.2, 0.25) is 5.91 Å². The molecule has 0 aliphatic rings. The summed E-state index contributed by atoms with van der Waals surface area (Å²) in [5.41, 5.74) is -0.151. The standard InChI is InChI=1S/C18H25ClFNO3S/c1-6-14(17(23)24-7-2)25-15-9-13(12(20)8-11(15)19)21-16(22)10-18(3,4)5/h8-9,14H,6-7,10H2,1-5H3,(H,21,22).